The van der Waals surface area contributed by atoms with Crippen molar-refractivity contribution in [2.75, 3.05) is 29.9 Å². The molecule has 1 aromatic carbocycles. The fraction of sp³-hybridized carbons (Fsp3) is 0.263. The van der Waals surface area contributed by atoms with Gasteiger partial charge in [-0.3, -0.25) is 4.98 Å². The second-order valence-electron chi connectivity index (χ2n) is 6.14. The summed E-state index contributed by atoms with van der Waals surface area (Å²) < 4.78 is 6.01. The van der Waals surface area contributed by atoms with Crippen LogP contribution in [0.2, 0.25) is 0 Å². The van der Waals surface area contributed by atoms with E-state index >= 15 is 0 Å². The van der Waals surface area contributed by atoms with Crippen LogP contribution in [0.3, 0.4) is 0 Å². The van der Waals surface area contributed by atoms with E-state index in [0.29, 0.717) is 6.54 Å². The van der Waals surface area contributed by atoms with Gasteiger partial charge in [-0.15, -0.1) is 0 Å². The van der Waals surface area contributed by atoms with Gasteiger partial charge in [-0.05, 0) is 18.6 Å². The standard InChI is InChI=1S/C19H20N4O/c1-14-5-3-4-6-15(14)18-12-21-19(24-18)13-23-10-9-22(2)16-7-8-20-11-17(16)23/h3-8,11-12H,9-10,13H2,1-2H3. The molecule has 122 valence electrons. The maximum atomic E-state index is 6.01. The zero-order chi connectivity index (χ0) is 16.5. The summed E-state index contributed by atoms with van der Waals surface area (Å²) in [6.45, 7) is 4.64. The number of pyridine rings is 1. The molecule has 0 spiro atoms. The van der Waals surface area contributed by atoms with Gasteiger partial charge in [0, 0.05) is 31.9 Å². The summed E-state index contributed by atoms with van der Waals surface area (Å²) in [4.78, 5) is 13.3. The Hall–Kier alpha value is -2.82. The van der Waals surface area contributed by atoms with E-state index < -0.39 is 0 Å². The molecule has 0 N–H and O–H groups in total. The Labute approximate surface area is 141 Å². The molecule has 1 aliphatic heterocycles. The Morgan fingerprint density at radius 3 is 2.83 bits per heavy atom. The molecule has 5 nitrogen and oxygen atoms in total. The van der Waals surface area contributed by atoms with Crippen LogP contribution in [0.1, 0.15) is 11.5 Å². The number of hydrogen-bond donors (Lipinski definition) is 0. The van der Waals surface area contributed by atoms with E-state index in [1.54, 1.807) is 0 Å². The summed E-state index contributed by atoms with van der Waals surface area (Å²) >= 11 is 0. The molecule has 5 heteroatoms. The lowest BCUT2D eigenvalue weighted by Gasteiger charge is -2.35. The van der Waals surface area contributed by atoms with Gasteiger partial charge in [0.25, 0.3) is 0 Å². The highest BCUT2D eigenvalue weighted by Crippen LogP contribution is 2.32. The smallest absolute Gasteiger partial charge is 0.214 e. The average molecular weight is 320 g/mol. The van der Waals surface area contributed by atoms with Crippen LogP contribution >= 0.6 is 0 Å². The number of hydrogen-bond acceptors (Lipinski definition) is 5. The summed E-state index contributed by atoms with van der Waals surface area (Å²) in [5.41, 5.74) is 4.61. The molecule has 4 rings (SSSR count). The van der Waals surface area contributed by atoms with E-state index in [-0.39, 0.29) is 0 Å². The average Bonchev–Trinajstić information content (AvgIpc) is 3.06. The van der Waals surface area contributed by atoms with Crippen molar-refractivity contribution in [2.24, 2.45) is 0 Å². The molecule has 0 radical (unpaired) electrons. The third kappa shape index (κ3) is 2.62. The minimum Gasteiger partial charge on any atom is -0.439 e. The molecule has 3 aromatic rings. The highest BCUT2D eigenvalue weighted by atomic mass is 16.4. The van der Waals surface area contributed by atoms with Crippen molar-refractivity contribution in [3.05, 3.63) is 60.4 Å². The summed E-state index contributed by atoms with van der Waals surface area (Å²) in [5, 5.41) is 0. The first-order valence-corrected chi connectivity index (χ1v) is 8.13. The minimum absolute atomic E-state index is 0.651. The van der Waals surface area contributed by atoms with Crippen molar-refractivity contribution in [1.29, 1.82) is 0 Å². The zero-order valence-electron chi connectivity index (χ0n) is 13.9. The number of fused-ring (bicyclic) bond motifs is 1. The van der Waals surface area contributed by atoms with Crippen LogP contribution in [0.4, 0.5) is 11.4 Å². The number of oxazole rings is 1. The van der Waals surface area contributed by atoms with Gasteiger partial charge >= 0.3 is 0 Å². The maximum absolute atomic E-state index is 6.01. The van der Waals surface area contributed by atoms with Crippen molar-refractivity contribution < 1.29 is 4.42 Å². The summed E-state index contributed by atoms with van der Waals surface area (Å²) in [5.74, 6) is 1.55. The predicted octanol–water partition coefficient (Wildman–Crippen LogP) is 3.50. The summed E-state index contributed by atoms with van der Waals surface area (Å²) in [6, 6.07) is 10.3. The highest BCUT2D eigenvalue weighted by molar-refractivity contribution is 5.71. The van der Waals surface area contributed by atoms with Gasteiger partial charge in [-0.1, -0.05) is 24.3 Å². The third-order valence-corrected chi connectivity index (χ3v) is 4.53. The second kappa shape index (κ2) is 6.00. The monoisotopic (exact) mass is 320 g/mol. The number of aryl methyl sites for hydroxylation is 1. The van der Waals surface area contributed by atoms with Gasteiger partial charge in [-0.2, -0.15) is 0 Å². The van der Waals surface area contributed by atoms with E-state index in [9.17, 15) is 0 Å². The van der Waals surface area contributed by atoms with Gasteiger partial charge < -0.3 is 14.2 Å². The molecule has 0 amide bonds. The maximum Gasteiger partial charge on any atom is 0.214 e. The predicted molar refractivity (Wildman–Crippen MR) is 95.2 cm³/mol. The van der Waals surface area contributed by atoms with E-state index in [4.69, 9.17) is 4.42 Å². The van der Waals surface area contributed by atoms with Crippen LogP contribution in [-0.4, -0.2) is 30.1 Å². The SMILES string of the molecule is Cc1ccccc1-c1cnc(CN2CCN(C)c3ccncc32)o1. The van der Waals surface area contributed by atoms with Gasteiger partial charge in [-0.25, -0.2) is 4.98 Å². The first kappa shape index (κ1) is 14.8. The van der Waals surface area contributed by atoms with Crippen molar-refractivity contribution >= 4 is 11.4 Å². The van der Waals surface area contributed by atoms with E-state index in [2.05, 4.69) is 51.9 Å². The molecule has 0 atom stereocenters. The number of anilines is 2. The van der Waals surface area contributed by atoms with Crippen LogP contribution in [0.15, 0.2) is 53.3 Å². The molecule has 2 aromatic heterocycles. The molecule has 0 saturated carbocycles. The second-order valence-corrected chi connectivity index (χ2v) is 6.14. The van der Waals surface area contributed by atoms with Gasteiger partial charge in [0.1, 0.15) is 0 Å². The minimum atomic E-state index is 0.651. The molecule has 3 heterocycles. The van der Waals surface area contributed by atoms with Gasteiger partial charge in [0.2, 0.25) is 5.89 Å². The summed E-state index contributed by atoms with van der Waals surface area (Å²) in [6.07, 6.45) is 5.56. The van der Waals surface area contributed by atoms with Crippen LogP contribution < -0.4 is 9.80 Å². The molecule has 0 saturated heterocycles. The normalized spacial score (nSPS) is 13.9. The quantitative estimate of drug-likeness (QED) is 0.739. The molecular formula is C19H20N4O. The van der Waals surface area contributed by atoms with E-state index in [1.165, 1.54) is 11.3 Å². The van der Waals surface area contributed by atoms with Crippen molar-refractivity contribution in [3.63, 3.8) is 0 Å². The molecule has 0 bridgehead atoms. The van der Waals surface area contributed by atoms with Gasteiger partial charge in [0.05, 0.1) is 30.3 Å². The highest BCUT2D eigenvalue weighted by Gasteiger charge is 2.22. The zero-order valence-corrected chi connectivity index (χ0v) is 13.9. The Bertz CT molecular complexity index is 858. The number of aromatic nitrogens is 2. The lowest BCUT2D eigenvalue weighted by Crippen LogP contribution is -2.38. The largest absolute Gasteiger partial charge is 0.439 e. The van der Waals surface area contributed by atoms with Crippen LogP contribution in [0.25, 0.3) is 11.3 Å². The fourth-order valence-corrected chi connectivity index (χ4v) is 3.14. The molecule has 1 aliphatic rings. The van der Waals surface area contributed by atoms with Crippen molar-refractivity contribution in [2.45, 2.75) is 13.5 Å². The molecule has 0 unspecified atom stereocenters. The summed E-state index contributed by atoms with van der Waals surface area (Å²) in [7, 11) is 2.11. The molecule has 24 heavy (non-hydrogen) atoms. The third-order valence-electron chi connectivity index (χ3n) is 4.53. The van der Waals surface area contributed by atoms with Crippen LogP contribution in [-0.2, 0) is 6.54 Å². The van der Waals surface area contributed by atoms with Gasteiger partial charge in [0.15, 0.2) is 5.76 Å². The van der Waals surface area contributed by atoms with E-state index in [0.717, 1.165) is 36.0 Å². The van der Waals surface area contributed by atoms with Crippen molar-refractivity contribution in [3.8, 4) is 11.3 Å². The number of nitrogens with zero attached hydrogens (tertiary/aromatic N) is 4. The number of benzene rings is 1. The molecule has 0 aliphatic carbocycles. The van der Waals surface area contributed by atoms with Crippen LogP contribution in [0, 0.1) is 6.92 Å². The Morgan fingerprint density at radius 2 is 1.96 bits per heavy atom. The Kier molecular flexibility index (Phi) is 3.69. The fourth-order valence-electron chi connectivity index (χ4n) is 3.14. The topological polar surface area (TPSA) is 45.4 Å². The Balaban J connectivity index is 1.59. The van der Waals surface area contributed by atoms with Crippen molar-refractivity contribution in [1.82, 2.24) is 9.97 Å². The first-order chi connectivity index (χ1) is 11.7. The lowest BCUT2D eigenvalue weighted by molar-refractivity contribution is 0.496. The lowest BCUT2D eigenvalue weighted by atomic mass is 10.1. The number of rotatable bonds is 3. The van der Waals surface area contributed by atoms with E-state index in [1.807, 2.05) is 30.7 Å². The molecule has 0 fully saturated rings. The Morgan fingerprint density at radius 1 is 1.08 bits per heavy atom. The number of likely N-dealkylation sites (N-methyl/N-ethyl adjacent to an activating group) is 1. The molecular weight excluding hydrogens is 300 g/mol. The van der Waals surface area contributed by atoms with Crippen LogP contribution in [0.5, 0.6) is 0 Å². The first-order valence-electron chi connectivity index (χ1n) is 8.13.